The van der Waals surface area contributed by atoms with Crippen LogP contribution in [0.2, 0.25) is 0 Å². The maximum atomic E-state index is 9.94. The number of likely N-dealkylation sites (N-methyl/N-ethyl adjacent to an activating group) is 1. The van der Waals surface area contributed by atoms with E-state index in [-0.39, 0.29) is 6.61 Å². The van der Waals surface area contributed by atoms with Crippen molar-refractivity contribution in [1.82, 2.24) is 20.4 Å². The first-order chi connectivity index (χ1) is 17.4. The Labute approximate surface area is 211 Å². The maximum Gasteiger partial charge on any atom is 0.292 e. The zero-order valence-corrected chi connectivity index (χ0v) is 21.5. The molecular weight excluding hydrogens is 462 g/mol. The summed E-state index contributed by atoms with van der Waals surface area (Å²) < 4.78 is 15.1. The molecule has 4 rings (SSSR count). The van der Waals surface area contributed by atoms with Gasteiger partial charge in [-0.05, 0) is 59.2 Å². The first-order valence-corrected chi connectivity index (χ1v) is 12.0. The minimum absolute atomic E-state index is 0.206. The maximum absolute atomic E-state index is 9.94. The fraction of sp³-hybridized carbons (Fsp3) is 0.462. The van der Waals surface area contributed by atoms with Crippen molar-refractivity contribution in [2.45, 2.75) is 52.2 Å². The number of aliphatic hydroxyl groups excluding tert-OH is 1. The number of anilines is 1. The smallest absolute Gasteiger partial charge is 0.292 e. The van der Waals surface area contributed by atoms with E-state index in [2.05, 4.69) is 20.5 Å². The number of aromatic nitrogens is 3. The molecule has 0 saturated heterocycles. The third-order valence-electron chi connectivity index (χ3n) is 5.93. The van der Waals surface area contributed by atoms with Gasteiger partial charge in [0.05, 0.1) is 24.1 Å². The van der Waals surface area contributed by atoms with Gasteiger partial charge in [-0.3, -0.25) is 4.79 Å². The van der Waals surface area contributed by atoms with E-state index in [0.717, 1.165) is 52.5 Å². The average Bonchev–Trinajstić information content (AvgIpc) is 3.19. The van der Waals surface area contributed by atoms with Crippen molar-refractivity contribution in [3.05, 3.63) is 41.3 Å². The summed E-state index contributed by atoms with van der Waals surface area (Å²) in [4.78, 5) is 18.7. The van der Waals surface area contributed by atoms with Crippen LogP contribution in [0.4, 0.5) is 5.82 Å². The molecule has 2 heterocycles. The van der Waals surface area contributed by atoms with Crippen molar-refractivity contribution >= 4 is 12.3 Å². The Morgan fingerprint density at radius 1 is 1.25 bits per heavy atom. The lowest BCUT2D eigenvalue weighted by atomic mass is 9.93. The van der Waals surface area contributed by atoms with Crippen LogP contribution in [0.15, 0.2) is 28.8 Å². The van der Waals surface area contributed by atoms with Crippen molar-refractivity contribution in [2.24, 2.45) is 0 Å². The SMILES string of the molecule is CNCC(O)COc1cccc(-c2nc(NC3CCC3)c(C)c(-c3c(C)noc3C)n2)c1.COC=O. The molecule has 10 heteroatoms. The molecule has 1 aliphatic rings. The molecule has 0 aliphatic heterocycles. The van der Waals surface area contributed by atoms with Crippen LogP contribution in [0.25, 0.3) is 22.6 Å². The fourth-order valence-corrected chi connectivity index (χ4v) is 3.81. The number of aliphatic hydroxyl groups is 1. The Kier molecular flexibility index (Phi) is 9.77. The molecule has 0 radical (unpaired) electrons. The zero-order valence-electron chi connectivity index (χ0n) is 21.5. The normalized spacial score (nSPS) is 13.7. The molecule has 1 aliphatic carbocycles. The van der Waals surface area contributed by atoms with Gasteiger partial charge >= 0.3 is 0 Å². The van der Waals surface area contributed by atoms with Crippen molar-refractivity contribution in [2.75, 3.05) is 32.6 Å². The third-order valence-corrected chi connectivity index (χ3v) is 5.93. The highest BCUT2D eigenvalue weighted by Gasteiger charge is 2.23. The van der Waals surface area contributed by atoms with Crippen LogP contribution in [-0.2, 0) is 9.53 Å². The highest BCUT2D eigenvalue weighted by atomic mass is 16.5. The van der Waals surface area contributed by atoms with E-state index >= 15 is 0 Å². The Balaban J connectivity index is 0.000000840. The second-order valence-corrected chi connectivity index (χ2v) is 8.72. The summed E-state index contributed by atoms with van der Waals surface area (Å²) in [5.74, 6) is 2.84. The third kappa shape index (κ3) is 6.79. The summed E-state index contributed by atoms with van der Waals surface area (Å²) in [5, 5.41) is 20.6. The lowest BCUT2D eigenvalue weighted by molar-refractivity contribution is -0.126. The lowest BCUT2D eigenvalue weighted by Crippen LogP contribution is -2.29. The molecule has 1 saturated carbocycles. The second kappa shape index (κ2) is 13.0. The summed E-state index contributed by atoms with van der Waals surface area (Å²) in [6.45, 7) is 6.92. The van der Waals surface area contributed by atoms with Gasteiger partial charge in [-0.1, -0.05) is 17.3 Å². The summed E-state index contributed by atoms with van der Waals surface area (Å²) >= 11 is 0. The summed E-state index contributed by atoms with van der Waals surface area (Å²) in [7, 11) is 3.11. The van der Waals surface area contributed by atoms with Crippen molar-refractivity contribution in [3.63, 3.8) is 0 Å². The summed E-state index contributed by atoms with van der Waals surface area (Å²) in [6.07, 6.45) is 2.96. The van der Waals surface area contributed by atoms with Gasteiger partial charge in [0.25, 0.3) is 6.47 Å². The topological polar surface area (TPSA) is 132 Å². The molecule has 0 amide bonds. The van der Waals surface area contributed by atoms with E-state index in [4.69, 9.17) is 24.0 Å². The first kappa shape index (κ1) is 27.1. The number of benzene rings is 1. The Hall–Kier alpha value is -3.50. The molecule has 1 atom stereocenters. The number of methoxy groups -OCH3 is 1. The minimum atomic E-state index is -0.580. The van der Waals surface area contributed by atoms with E-state index in [9.17, 15) is 5.11 Å². The number of hydrogen-bond acceptors (Lipinski definition) is 10. The number of carbonyl (C=O) groups excluding carboxylic acids is 1. The molecule has 10 nitrogen and oxygen atoms in total. The molecule has 1 fully saturated rings. The van der Waals surface area contributed by atoms with Crippen LogP contribution in [-0.4, -0.2) is 66.2 Å². The average molecular weight is 498 g/mol. The standard InChI is InChI=1S/C24H31N5O3.C2H4O2/c1-14-22(21-15(2)29-32-16(21)3)27-24(28-23(14)26-18-8-6-9-18)17-7-5-10-20(11-17)31-13-19(30)12-25-4;1-4-2-3/h5,7,10-11,18-19,25,30H,6,8-9,12-13H2,1-4H3,(H,26,27,28);2H,1H3. The predicted molar refractivity (Wildman–Crippen MR) is 137 cm³/mol. The van der Waals surface area contributed by atoms with Crippen LogP contribution in [0, 0.1) is 20.8 Å². The number of carbonyl (C=O) groups is 1. The van der Waals surface area contributed by atoms with E-state index in [1.807, 2.05) is 45.0 Å². The first-order valence-electron chi connectivity index (χ1n) is 12.0. The number of ether oxygens (including phenoxy) is 2. The number of nitrogens with one attached hydrogen (secondary N) is 2. The van der Waals surface area contributed by atoms with Gasteiger partial charge in [0.15, 0.2) is 5.82 Å². The highest BCUT2D eigenvalue weighted by molar-refractivity contribution is 5.74. The van der Waals surface area contributed by atoms with Crippen LogP contribution < -0.4 is 15.4 Å². The molecule has 3 N–H and O–H groups in total. The number of nitrogens with zero attached hydrogens (tertiary/aromatic N) is 3. The van der Waals surface area contributed by atoms with Gasteiger partial charge in [0, 0.05) is 23.7 Å². The molecule has 2 aromatic heterocycles. The Morgan fingerprint density at radius 3 is 2.58 bits per heavy atom. The molecule has 194 valence electrons. The highest BCUT2D eigenvalue weighted by Crippen LogP contribution is 2.35. The van der Waals surface area contributed by atoms with Gasteiger partial charge < -0.3 is 29.7 Å². The fourth-order valence-electron chi connectivity index (χ4n) is 3.81. The number of aryl methyl sites for hydroxylation is 2. The second-order valence-electron chi connectivity index (χ2n) is 8.72. The molecule has 36 heavy (non-hydrogen) atoms. The van der Waals surface area contributed by atoms with Crippen LogP contribution in [0.3, 0.4) is 0 Å². The van der Waals surface area contributed by atoms with Crippen molar-refractivity contribution in [1.29, 1.82) is 0 Å². The predicted octanol–water partition coefficient (Wildman–Crippen LogP) is 3.44. The number of hydrogen-bond donors (Lipinski definition) is 3. The molecule has 3 aromatic rings. The van der Waals surface area contributed by atoms with Crippen LogP contribution in [0.5, 0.6) is 5.75 Å². The van der Waals surface area contributed by atoms with Crippen molar-refractivity contribution < 1.29 is 23.9 Å². The molecule has 0 bridgehead atoms. The van der Waals surface area contributed by atoms with E-state index in [0.29, 0.717) is 30.6 Å². The van der Waals surface area contributed by atoms with Gasteiger partial charge in [-0.25, -0.2) is 9.97 Å². The van der Waals surface area contributed by atoms with Gasteiger partial charge in [-0.15, -0.1) is 0 Å². The number of rotatable bonds is 10. The van der Waals surface area contributed by atoms with E-state index < -0.39 is 6.10 Å². The van der Waals surface area contributed by atoms with E-state index in [1.165, 1.54) is 13.5 Å². The summed E-state index contributed by atoms with van der Waals surface area (Å²) in [5.41, 5.74) is 4.36. The largest absolute Gasteiger partial charge is 0.491 e. The Bertz CT molecular complexity index is 1130. The van der Waals surface area contributed by atoms with E-state index in [1.54, 1.807) is 7.05 Å². The Morgan fingerprint density at radius 2 is 2.00 bits per heavy atom. The van der Waals surface area contributed by atoms with Crippen LogP contribution in [0.1, 0.15) is 36.3 Å². The monoisotopic (exact) mass is 497 g/mol. The minimum Gasteiger partial charge on any atom is -0.491 e. The molecule has 1 unspecified atom stereocenters. The summed E-state index contributed by atoms with van der Waals surface area (Å²) in [6, 6.07) is 8.09. The molecule has 0 spiro atoms. The molecular formula is C26H35N5O5. The van der Waals surface area contributed by atoms with Crippen molar-refractivity contribution in [3.8, 4) is 28.4 Å². The van der Waals surface area contributed by atoms with Gasteiger partial charge in [-0.2, -0.15) is 0 Å². The zero-order chi connectivity index (χ0) is 26.1. The quantitative estimate of drug-likeness (QED) is 0.358. The van der Waals surface area contributed by atoms with Crippen LogP contribution >= 0.6 is 0 Å². The van der Waals surface area contributed by atoms with Gasteiger partial charge in [0.2, 0.25) is 0 Å². The molecule has 1 aromatic carbocycles. The van der Waals surface area contributed by atoms with Gasteiger partial charge in [0.1, 0.15) is 30.0 Å². The lowest BCUT2D eigenvalue weighted by Gasteiger charge is -2.28.